The van der Waals surface area contributed by atoms with Crippen LogP contribution in [0.1, 0.15) is 42.5 Å². The molecule has 132 valence electrons. The minimum absolute atomic E-state index is 0.744. The third-order valence-corrected chi connectivity index (χ3v) is 3.47. The van der Waals surface area contributed by atoms with Crippen LogP contribution in [0.15, 0.2) is 48.5 Å². The van der Waals surface area contributed by atoms with E-state index < -0.39 is 0 Å². The van der Waals surface area contributed by atoms with Gasteiger partial charge in [0.05, 0.1) is 19.8 Å². The van der Waals surface area contributed by atoms with Crippen LogP contribution in [-0.2, 0) is 22.5 Å². The lowest BCUT2D eigenvalue weighted by molar-refractivity contribution is 0.121. The van der Waals surface area contributed by atoms with Crippen molar-refractivity contribution in [3.8, 4) is 0 Å². The Labute approximate surface area is 147 Å². The van der Waals surface area contributed by atoms with E-state index in [0.717, 1.165) is 39.3 Å². The summed E-state index contributed by atoms with van der Waals surface area (Å²) in [4.78, 5) is 0. The second-order valence-electron chi connectivity index (χ2n) is 5.99. The van der Waals surface area contributed by atoms with Crippen molar-refractivity contribution >= 4 is 0 Å². The molecule has 0 aliphatic carbocycles. The molecule has 2 aromatic carbocycles. The van der Waals surface area contributed by atoms with E-state index in [-0.39, 0.29) is 0 Å². The molecule has 0 radical (unpaired) electrons. The zero-order chi connectivity index (χ0) is 17.6. The Balaban J connectivity index is 0.000000209. The zero-order valence-corrected chi connectivity index (χ0v) is 15.7. The van der Waals surface area contributed by atoms with E-state index in [1.54, 1.807) is 0 Å². The first-order valence-corrected chi connectivity index (χ1v) is 8.92. The Morgan fingerprint density at radius 3 is 1.62 bits per heavy atom. The number of epoxide rings is 1. The predicted molar refractivity (Wildman–Crippen MR) is 103 cm³/mol. The molecule has 0 atom stereocenters. The van der Waals surface area contributed by atoms with E-state index in [4.69, 9.17) is 4.74 Å². The zero-order valence-electron chi connectivity index (χ0n) is 15.7. The van der Waals surface area contributed by atoms with Crippen LogP contribution in [0.2, 0.25) is 0 Å². The first-order chi connectivity index (χ1) is 11.7. The fourth-order valence-corrected chi connectivity index (χ4v) is 1.84. The van der Waals surface area contributed by atoms with Crippen molar-refractivity contribution in [2.45, 2.75) is 47.1 Å². The highest BCUT2D eigenvalue weighted by Crippen LogP contribution is 2.04. The average Bonchev–Trinajstić information content (AvgIpc) is 3.47. The van der Waals surface area contributed by atoms with Gasteiger partial charge in [-0.25, -0.2) is 0 Å². The van der Waals surface area contributed by atoms with Crippen molar-refractivity contribution in [1.82, 2.24) is 0 Å². The van der Waals surface area contributed by atoms with E-state index in [1.807, 2.05) is 0 Å². The molecule has 0 N–H and O–H groups in total. The van der Waals surface area contributed by atoms with Crippen molar-refractivity contribution in [2.24, 2.45) is 0 Å². The molecule has 3 rings (SSSR count). The van der Waals surface area contributed by atoms with Crippen LogP contribution in [0, 0.1) is 13.8 Å². The molecular weight excluding hydrogens is 296 g/mol. The summed E-state index contributed by atoms with van der Waals surface area (Å²) in [6.07, 6.45) is 2.23. The van der Waals surface area contributed by atoms with Gasteiger partial charge in [-0.15, -0.1) is 0 Å². The van der Waals surface area contributed by atoms with Crippen LogP contribution in [0.25, 0.3) is 0 Å². The minimum Gasteiger partial charge on any atom is -0.377 e. The molecule has 24 heavy (non-hydrogen) atoms. The molecule has 0 bridgehead atoms. The highest BCUT2D eigenvalue weighted by atomic mass is 16.6. The molecule has 1 saturated heterocycles. The fraction of sp³-hybridized carbons (Fsp3) is 0.455. The van der Waals surface area contributed by atoms with Gasteiger partial charge in [0.1, 0.15) is 0 Å². The van der Waals surface area contributed by atoms with Crippen molar-refractivity contribution < 1.29 is 9.47 Å². The summed E-state index contributed by atoms with van der Waals surface area (Å²) in [6, 6.07) is 17.1. The number of hydrogen-bond acceptors (Lipinski definition) is 2. The Hall–Kier alpha value is -1.64. The molecule has 1 aliphatic heterocycles. The first-order valence-electron chi connectivity index (χ1n) is 8.92. The van der Waals surface area contributed by atoms with E-state index in [1.165, 1.54) is 22.3 Å². The summed E-state index contributed by atoms with van der Waals surface area (Å²) in [5.41, 5.74) is 5.32. The monoisotopic (exact) mass is 328 g/mol. The lowest BCUT2D eigenvalue weighted by Crippen LogP contribution is -1.93. The van der Waals surface area contributed by atoms with Gasteiger partial charge in [0.15, 0.2) is 0 Å². The standard InChI is InChI=1S/C11H16O.C9H12.C2H4O/c1-3-8-12-9-11-6-4-10(2)5-7-11;1-3-9-6-4-8(2)5-7-9;1-2-3-1/h4-7H,3,8-9H2,1-2H3;4-7H,3H2,1-2H3;1-2H2. The van der Waals surface area contributed by atoms with Crippen LogP contribution >= 0.6 is 0 Å². The van der Waals surface area contributed by atoms with Crippen molar-refractivity contribution in [1.29, 1.82) is 0 Å². The molecule has 1 aliphatic rings. The van der Waals surface area contributed by atoms with Crippen LogP contribution in [-0.4, -0.2) is 19.8 Å². The molecule has 0 unspecified atom stereocenters. The smallest absolute Gasteiger partial charge is 0.0716 e. The van der Waals surface area contributed by atoms with E-state index in [2.05, 4.69) is 81.0 Å². The summed E-state index contributed by atoms with van der Waals surface area (Å²) in [7, 11) is 0. The van der Waals surface area contributed by atoms with Crippen LogP contribution in [0.3, 0.4) is 0 Å². The van der Waals surface area contributed by atoms with Crippen molar-refractivity contribution in [3.63, 3.8) is 0 Å². The van der Waals surface area contributed by atoms with E-state index in [9.17, 15) is 0 Å². The van der Waals surface area contributed by atoms with Crippen LogP contribution < -0.4 is 0 Å². The maximum Gasteiger partial charge on any atom is 0.0716 e. The van der Waals surface area contributed by atoms with E-state index >= 15 is 0 Å². The predicted octanol–water partition coefficient (Wildman–Crippen LogP) is 5.50. The second-order valence-corrected chi connectivity index (χ2v) is 5.99. The molecular formula is C22H32O2. The summed E-state index contributed by atoms with van der Waals surface area (Å²) in [5.74, 6) is 0. The van der Waals surface area contributed by atoms with Gasteiger partial charge in [0.2, 0.25) is 0 Å². The lowest BCUT2D eigenvalue weighted by atomic mass is 10.1. The SMILES string of the molecule is C1CO1.CCCOCc1ccc(C)cc1.CCc1ccc(C)cc1. The summed E-state index contributed by atoms with van der Waals surface area (Å²) < 4.78 is 9.91. The molecule has 0 aromatic heterocycles. The third kappa shape index (κ3) is 11.0. The summed E-state index contributed by atoms with van der Waals surface area (Å²) in [6.45, 7) is 12.1. The molecule has 0 amide bonds. The maximum absolute atomic E-state index is 5.41. The molecule has 2 aromatic rings. The van der Waals surface area contributed by atoms with Crippen LogP contribution in [0.4, 0.5) is 0 Å². The lowest BCUT2D eigenvalue weighted by Gasteiger charge is -2.02. The van der Waals surface area contributed by atoms with Gasteiger partial charge in [0, 0.05) is 6.61 Å². The van der Waals surface area contributed by atoms with Crippen LogP contribution in [0.5, 0.6) is 0 Å². The fourth-order valence-electron chi connectivity index (χ4n) is 1.84. The van der Waals surface area contributed by atoms with Gasteiger partial charge in [-0.05, 0) is 37.8 Å². The molecule has 0 spiro atoms. The number of ether oxygens (including phenoxy) is 2. The molecule has 1 fully saturated rings. The Kier molecular flexibility index (Phi) is 10.8. The number of rotatable bonds is 5. The van der Waals surface area contributed by atoms with Gasteiger partial charge in [-0.1, -0.05) is 73.5 Å². The van der Waals surface area contributed by atoms with Crippen molar-refractivity contribution in [3.05, 3.63) is 70.8 Å². The largest absolute Gasteiger partial charge is 0.377 e. The Bertz CT molecular complexity index is 524. The summed E-state index contributed by atoms with van der Waals surface area (Å²) >= 11 is 0. The molecule has 2 nitrogen and oxygen atoms in total. The van der Waals surface area contributed by atoms with Crippen molar-refractivity contribution in [2.75, 3.05) is 19.8 Å². The molecule has 0 saturated carbocycles. The van der Waals surface area contributed by atoms with Gasteiger partial charge < -0.3 is 9.47 Å². The van der Waals surface area contributed by atoms with E-state index in [0.29, 0.717) is 0 Å². The number of benzene rings is 2. The highest BCUT2D eigenvalue weighted by molar-refractivity contribution is 5.21. The van der Waals surface area contributed by atoms with Gasteiger partial charge in [-0.3, -0.25) is 0 Å². The topological polar surface area (TPSA) is 21.8 Å². The van der Waals surface area contributed by atoms with Gasteiger partial charge in [-0.2, -0.15) is 0 Å². The average molecular weight is 328 g/mol. The Morgan fingerprint density at radius 2 is 1.25 bits per heavy atom. The summed E-state index contributed by atoms with van der Waals surface area (Å²) in [5, 5.41) is 0. The molecule has 1 heterocycles. The minimum atomic E-state index is 0.744. The normalized spacial score (nSPS) is 11.7. The number of aryl methyl sites for hydroxylation is 3. The molecule has 2 heteroatoms. The second kappa shape index (κ2) is 12.7. The van der Waals surface area contributed by atoms with Gasteiger partial charge in [0.25, 0.3) is 0 Å². The number of hydrogen-bond donors (Lipinski definition) is 0. The van der Waals surface area contributed by atoms with Gasteiger partial charge >= 0.3 is 0 Å². The Morgan fingerprint density at radius 1 is 0.792 bits per heavy atom. The quantitative estimate of drug-likeness (QED) is 0.534. The highest BCUT2D eigenvalue weighted by Gasteiger charge is 1.94. The third-order valence-electron chi connectivity index (χ3n) is 3.47. The maximum atomic E-state index is 5.41. The first kappa shape index (κ1) is 20.4.